The molecule has 1 aromatic rings. The van der Waals surface area contributed by atoms with Crippen LogP contribution in [0.5, 0.6) is 0 Å². The zero-order valence-electron chi connectivity index (χ0n) is 8.60. The number of hydrogen-bond acceptors (Lipinski definition) is 3. The van der Waals surface area contributed by atoms with Crippen LogP contribution in [-0.2, 0) is 14.9 Å². The average Bonchev–Trinajstić information content (AvgIpc) is 2.17. The summed E-state index contributed by atoms with van der Waals surface area (Å²) in [5, 5.41) is 2.51. The molecule has 0 saturated carbocycles. The average molecular weight is 241 g/mol. The van der Waals surface area contributed by atoms with Crippen LogP contribution < -0.4 is 5.32 Å². The van der Waals surface area contributed by atoms with Crippen LogP contribution in [0.1, 0.15) is 6.92 Å². The number of anilines is 1. The molecule has 2 N–H and O–H groups in total. The van der Waals surface area contributed by atoms with Crippen LogP contribution in [0.25, 0.3) is 0 Å². The number of amides is 1. The van der Waals surface area contributed by atoms with Crippen molar-refractivity contribution in [3.05, 3.63) is 36.4 Å². The van der Waals surface area contributed by atoms with E-state index in [1.165, 1.54) is 24.3 Å². The summed E-state index contributed by atoms with van der Waals surface area (Å²) in [6, 6.07) is 5.15. The Kier molecular flexibility index (Phi) is 3.46. The first-order valence-electron chi connectivity index (χ1n) is 4.35. The monoisotopic (exact) mass is 241 g/mol. The third-order valence-corrected chi connectivity index (χ3v) is 2.67. The molecular formula is C10H11NO4S. The number of rotatable bonds is 3. The Labute approximate surface area is 93.5 Å². The van der Waals surface area contributed by atoms with Crippen molar-refractivity contribution in [1.82, 2.24) is 0 Å². The first-order valence-corrected chi connectivity index (χ1v) is 5.79. The van der Waals surface area contributed by atoms with Crippen molar-refractivity contribution in [2.45, 2.75) is 11.8 Å². The molecule has 0 bridgehead atoms. The first-order chi connectivity index (χ1) is 7.30. The molecule has 0 fully saturated rings. The SMILES string of the molecule is C=C(C)C(=O)Nc1ccc(S(=O)(=O)O)cc1. The molecule has 0 atom stereocenters. The van der Waals surface area contributed by atoms with E-state index in [1.807, 2.05) is 0 Å². The maximum absolute atomic E-state index is 11.2. The highest BCUT2D eigenvalue weighted by molar-refractivity contribution is 7.85. The number of hydrogen-bond donors (Lipinski definition) is 2. The summed E-state index contributed by atoms with van der Waals surface area (Å²) < 4.78 is 30.2. The lowest BCUT2D eigenvalue weighted by molar-refractivity contribution is -0.112. The molecule has 0 heterocycles. The van der Waals surface area contributed by atoms with Crippen LogP contribution in [0.4, 0.5) is 5.69 Å². The highest BCUT2D eigenvalue weighted by Gasteiger charge is 2.09. The van der Waals surface area contributed by atoms with Crippen molar-refractivity contribution in [3.8, 4) is 0 Å². The van der Waals surface area contributed by atoms with Gasteiger partial charge in [-0.3, -0.25) is 9.35 Å². The molecule has 0 aliphatic rings. The second-order valence-corrected chi connectivity index (χ2v) is 4.66. The quantitative estimate of drug-likeness (QED) is 0.619. The van der Waals surface area contributed by atoms with Crippen molar-refractivity contribution in [3.63, 3.8) is 0 Å². The van der Waals surface area contributed by atoms with E-state index < -0.39 is 10.1 Å². The third-order valence-electron chi connectivity index (χ3n) is 1.80. The Morgan fingerprint density at radius 1 is 1.31 bits per heavy atom. The van der Waals surface area contributed by atoms with Gasteiger partial charge in [-0.1, -0.05) is 6.58 Å². The Balaban J connectivity index is 2.88. The molecule has 6 heteroatoms. The number of carbonyl (C=O) groups excluding carboxylic acids is 1. The zero-order chi connectivity index (χ0) is 12.3. The van der Waals surface area contributed by atoms with Crippen molar-refractivity contribution in [2.24, 2.45) is 0 Å². The third kappa shape index (κ3) is 3.18. The summed E-state index contributed by atoms with van der Waals surface area (Å²) in [7, 11) is -4.19. The molecule has 86 valence electrons. The minimum atomic E-state index is -4.19. The van der Waals surface area contributed by atoms with Gasteiger partial charge in [0.15, 0.2) is 0 Å². The van der Waals surface area contributed by atoms with Crippen molar-refractivity contribution >= 4 is 21.7 Å². The van der Waals surface area contributed by atoms with E-state index in [4.69, 9.17) is 4.55 Å². The van der Waals surface area contributed by atoms with E-state index in [0.717, 1.165) is 0 Å². The molecule has 1 aromatic carbocycles. The van der Waals surface area contributed by atoms with Crippen molar-refractivity contribution in [1.29, 1.82) is 0 Å². The molecule has 16 heavy (non-hydrogen) atoms. The Bertz CT molecular complexity index is 516. The summed E-state index contributed by atoms with van der Waals surface area (Å²) in [5.41, 5.74) is 0.777. The molecule has 0 spiro atoms. The van der Waals surface area contributed by atoms with E-state index in [9.17, 15) is 13.2 Å². The lowest BCUT2D eigenvalue weighted by Crippen LogP contribution is -2.11. The summed E-state index contributed by atoms with van der Waals surface area (Å²) in [6.45, 7) is 5.02. The van der Waals surface area contributed by atoms with Gasteiger partial charge < -0.3 is 5.32 Å². The van der Waals surface area contributed by atoms with Gasteiger partial charge in [0.05, 0.1) is 4.90 Å². The molecule has 0 aromatic heterocycles. The summed E-state index contributed by atoms with van der Waals surface area (Å²) in [4.78, 5) is 11.0. The summed E-state index contributed by atoms with van der Waals surface area (Å²) >= 11 is 0. The zero-order valence-corrected chi connectivity index (χ0v) is 9.41. The first kappa shape index (κ1) is 12.4. The lowest BCUT2D eigenvalue weighted by Gasteiger charge is -2.04. The standard InChI is InChI=1S/C10H11NO4S/c1-7(2)10(12)11-8-3-5-9(6-4-8)16(13,14)15/h3-6H,1H2,2H3,(H,11,12)(H,13,14,15). The normalized spacial score (nSPS) is 10.9. The van der Waals surface area contributed by atoms with Crippen molar-refractivity contribution in [2.75, 3.05) is 5.32 Å². The van der Waals surface area contributed by atoms with Crippen LogP contribution in [0.3, 0.4) is 0 Å². The van der Waals surface area contributed by atoms with Crippen LogP contribution in [-0.4, -0.2) is 18.9 Å². The van der Waals surface area contributed by atoms with Gasteiger partial charge in [-0.15, -0.1) is 0 Å². The molecule has 1 amide bonds. The summed E-state index contributed by atoms with van der Waals surface area (Å²) in [5.74, 6) is -0.348. The van der Waals surface area contributed by atoms with Crippen LogP contribution in [0.15, 0.2) is 41.3 Å². The highest BCUT2D eigenvalue weighted by Crippen LogP contribution is 2.14. The van der Waals surface area contributed by atoms with E-state index >= 15 is 0 Å². The fraction of sp³-hybridized carbons (Fsp3) is 0.100. The van der Waals surface area contributed by atoms with Crippen molar-refractivity contribution < 1.29 is 17.8 Å². The van der Waals surface area contributed by atoms with Gasteiger partial charge in [-0.2, -0.15) is 8.42 Å². The second-order valence-electron chi connectivity index (χ2n) is 3.23. The predicted molar refractivity (Wildman–Crippen MR) is 59.7 cm³/mol. The second kappa shape index (κ2) is 4.46. The summed E-state index contributed by atoms with van der Waals surface area (Å²) in [6.07, 6.45) is 0. The van der Waals surface area contributed by atoms with Gasteiger partial charge in [-0.25, -0.2) is 0 Å². The topological polar surface area (TPSA) is 83.5 Å². The van der Waals surface area contributed by atoms with Crippen LogP contribution >= 0.6 is 0 Å². The van der Waals surface area contributed by atoms with Gasteiger partial charge in [-0.05, 0) is 31.2 Å². The van der Waals surface area contributed by atoms with E-state index in [1.54, 1.807) is 6.92 Å². The maximum Gasteiger partial charge on any atom is 0.294 e. The molecule has 0 unspecified atom stereocenters. The molecule has 0 aliphatic carbocycles. The molecular weight excluding hydrogens is 230 g/mol. The maximum atomic E-state index is 11.2. The van der Waals surface area contributed by atoms with Gasteiger partial charge in [0.25, 0.3) is 16.0 Å². The number of nitrogens with one attached hydrogen (secondary N) is 1. The lowest BCUT2D eigenvalue weighted by atomic mass is 10.3. The minimum Gasteiger partial charge on any atom is -0.322 e. The molecule has 0 aliphatic heterocycles. The smallest absolute Gasteiger partial charge is 0.294 e. The molecule has 0 saturated heterocycles. The van der Waals surface area contributed by atoms with E-state index in [0.29, 0.717) is 11.3 Å². The number of benzene rings is 1. The predicted octanol–water partition coefficient (Wildman–Crippen LogP) is 1.45. The largest absolute Gasteiger partial charge is 0.322 e. The Hall–Kier alpha value is -1.66. The van der Waals surface area contributed by atoms with E-state index in [-0.39, 0.29) is 10.8 Å². The minimum absolute atomic E-state index is 0.221. The molecule has 0 radical (unpaired) electrons. The van der Waals surface area contributed by atoms with Crippen LogP contribution in [0.2, 0.25) is 0 Å². The van der Waals surface area contributed by atoms with Gasteiger partial charge in [0, 0.05) is 11.3 Å². The Morgan fingerprint density at radius 2 is 1.81 bits per heavy atom. The Morgan fingerprint density at radius 3 is 2.19 bits per heavy atom. The van der Waals surface area contributed by atoms with Gasteiger partial charge >= 0.3 is 0 Å². The van der Waals surface area contributed by atoms with Gasteiger partial charge in [0.1, 0.15) is 0 Å². The van der Waals surface area contributed by atoms with Gasteiger partial charge in [0.2, 0.25) is 0 Å². The number of carbonyl (C=O) groups is 1. The van der Waals surface area contributed by atoms with E-state index in [2.05, 4.69) is 11.9 Å². The molecule has 1 rings (SSSR count). The van der Waals surface area contributed by atoms with Crippen LogP contribution in [0, 0.1) is 0 Å². The fourth-order valence-corrected chi connectivity index (χ4v) is 1.43. The molecule has 5 nitrogen and oxygen atoms in total. The highest BCUT2D eigenvalue weighted by atomic mass is 32.2. The fourth-order valence-electron chi connectivity index (χ4n) is 0.948.